The second-order valence-electron chi connectivity index (χ2n) is 14.7. The van der Waals surface area contributed by atoms with Gasteiger partial charge in [0, 0.05) is 29.7 Å². The van der Waals surface area contributed by atoms with Crippen LogP contribution in [0.4, 0.5) is 5.69 Å². The van der Waals surface area contributed by atoms with Crippen LogP contribution in [0.15, 0.2) is 72.8 Å². The molecular weight excluding hydrogens is 759 g/mol. The van der Waals surface area contributed by atoms with Crippen LogP contribution in [0.25, 0.3) is 0 Å². The van der Waals surface area contributed by atoms with Crippen molar-refractivity contribution >= 4 is 46.4 Å². The van der Waals surface area contributed by atoms with Crippen LogP contribution >= 0.6 is 11.8 Å². The minimum absolute atomic E-state index is 0.0274. The average Bonchev–Trinajstić information content (AvgIpc) is 3.73. The van der Waals surface area contributed by atoms with E-state index in [2.05, 4.69) is 19.2 Å². The van der Waals surface area contributed by atoms with Crippen molar-refractivity contribution in [3.05, 3.63) is 94.0 Å². The van der Waals surface area contributed by atoms with Gasteiger partial charge in [-0.1, -0.05) is 80.2 Å². The van der Waals surface area contributed by atoms with Crippen LogP contribution in [0, 0.1) is 10.1 Å². The summed E-state index contributed by atoms with van der Waals surface area (Å²) >= 11 is 0.566. The molecular formula is C41H51N3O10S2. The molecule has 0 radical (unpaired) electrons. The Labute approximate surface area is 335 Å². The van der Waals surface area contributed by atoms with Gasteiger partial charge >= 0.3 is 5.97 Å². The predicted molar refractivity (Wildman–Crippen MR) is 215 cm³/mol. The summed E-state index contributed by atoms with van der Waals surface area (Å²) in [4.78, 5) is 49.9. The van der Waals surface area contributed by atoms with Gasteiger partial charge in [0.2, 0.25) is 12.7 Å². The Morgan fingerprint density at radius 3 is 2.36 bits per heavy atom. The number of thioether (sulfide) groups is 1. The standard InChI is InChI=1S/C23H23N3O7S.C18H28O3S/c1-22(2)23(21(29)30,12-14-8-10-15(11-9-14)26(31)32)25-19(28)18(20(25)34-22)24-17(27)13-33-16-6-4-3-5-7-16;1-3-4-5-6-7-8-11-22(19)15(2)12-16-9-10-17-18(13-16)21-14-20-17/h3-11,18,20H,12-13H2,1-2H3,(H,24,27)(H,29,30);9-10,13,15H,3-8,11-12,14H2,1-2H3/t18?,20-,23+;/m1./s1. The van der Waals surface area contributed by atoms with Gasteiger partial charge in [-0.3, -0.25) is 19.7 Å². The third kappa shape index (κ3) is 9.90. The molecule has 3 unspecified atom stereocenters. The third-order valence-corrected chi connectivity index (χ3v) is 13.8. The quantitative estimate of drug-likeness (QED) is 0.0461. The first-order valence-corrected chi connectivity index (χ1v) is 21.2. The molecule has 6 rings (SSSR count). The molecule has 0 bridgehead atoms. The Morgan fingerprint density at radius 2 is 1.68 bits per heavy atom. The smallest absolute Gasteiger partial charge is 0.331 e. The van der Waals surface area contributed by atoms with Crippen LogP contribution in [0.3, 0.4) is 0 Å². The van der Waals surface area contributed by atoms with Gasteiger partial charge in [-0.15, -0.1) is 11.8 Å². The van der Waals surface area contributed by atoms with E-state index in [-0.39, 0.29) is 24.0 Å². The van der Waals surface area contributed by atoms with Gasteiger partial charge in [-0.25, -0.2) is 4.79 Å². The van der Waals surface area contributed by atoms with E-state index in [1.165, 1.54) is 78.6 Å². The number of nitrogens with zero attached hydrogens (tertiary/aromatic N) is 2. The van der Waals surface area contributed by atoms with Crippen LogP contribution in [0.5, 0.6) is 17.2 Å². The monoisotopic (exact) mass is 809 g/mol. The molecule has 0 aliphatic carbocycles. The van der Waals surface area contributed by atoms with Crippen molar-refractivity contribution in [1.29, 1.82) is 0 Å². The van der Waals surface area contributed by atoms with Gasteiger partial charge in [0.15, 0.2) is 23.6 Å². The topological polar surface area (TPSA) is 181 Å². The number of ether oxygens (including phenoxy) is 3. The normalized spacial score (nSPS) is 21.2. The number of nitro benzene ring substituents is 1. The van der Waals surface area contributed by atoms with Crippen LogP contribution in [0.1, 0.15) is 77.3 Å². The number of unbranched alkanes of at least 4 members (excludes halogenated alkanes) is 5. The molecule has 3 heterocycles. The molecule has 0 spiro atoms. The summed E-state index contributed by atoms with van der Waals surface area (Å²) in [5, 5.41) is 23.5. The van der Waals surface area contributed by atoms with E-state index in [4.69, 9.17) is 14.2 Å². The van der Waals surface area contributed by atoms with Crippen molar-refractivity contribution in [2.24, 2.45) is 0 Å². The highest BCUT2D eigenvalue weighted by atomic mass is 32.2. The molecule has 2 fully saturated rings. The van der Waals surface area contributed by atoms with Gasteiger partial charge in [-0.05, 0) is 69.0 Å². The minimum Gasteiger partial charge on any atom is -0.616 e. The number of β-lactam (4-membered cyclic amide) rings is 1. The maximum atomic E-state index is 13.1. The lowest BCUT2D eigenvalue weighted by Gasteiger charge is -2.50. The molecule has 2 amide bonds. The number of para-hydroxylation sites is 1. The summed E-state index contributed by atoms with van der Waals surface area (Å²) in [6, 6.07) is 19.5. The Kier molecular flexibility index (Phi) is 14.6. The molecule has 3 aliphatic heterocycles. The number of fused-ring (bicyclic) bond motifs is 2. The molecule has 0 saturated carbocycles. The Balaban J connectivity index is 0.000000236. The first-order chi connectivity index (χ1) is 26.8. The lowest BCUT2D eigenvalue weighted by molar-refractivity contribution is -0.384. The number of hydrogen-bond donors (Lipinski definition) is 2. The van der Waals surface area contributed by atoms with Gasteiger partial charge < -0.3 is 34.1 Å². The van der Waals surface area contributed by atoms with E-state index in [1.54, 1.807) is 38.1 Å². The second kappa shape index (κ2) is 19.1. The van der Waals surface area contributed by atoms with Gasteiger partial charge in [0.05, 0.1) is 4.92 Å². The number of rotatable bonds is 18. The third-order valence-electron chi connectivity index (χ3n) is 10.4. The number of amides is 2. The predicted octanol–water partition coefficient (Wildman–Crippen LogP) is 6.67. The molecule has 56 heavy (non-hydrogen) atoms. The molecule has 2 N–H and O–H groups in total. The van der Waals surface area contributed by atoms with Crippen LogP contribution in [-0.4, -0.2) is 83.4 Å². The number of carboxylic acid groups (broad SMARTS) is 1. The van der Waals surface area contributed by atoms with Crippen molar-refractivity contribution in [2.45, 2.75) is 106 Å². The summed E-state index contributed by atoms with van der Waals surface area (Å²) in [5.74, 6) is 0.831. The highest BCUT2D eigenvalue weighted by Crippen LogP contribution is 2.58. The SMILES string of the molecule is CC1(C)S[C@@H]2C(NC(=O)COc3ccccc3)C(=O)N2[C@@]1(Cc1ccc([N+](=O)[O-])cc1)C(=O)O.CCCCCCCC[S+]([O-])C(C)Cc1ccc2c(c1)OCO2. The first kappa shape index (κ1) is 42.7. The molecule has 302 valence electrons. The molecule has 5 atom stereocenters. The fraction of sp³-hybridized carbons (Fsp3) is 0.488. The number of nitro groups is 1. The van der Waals surface area contributed by atoms with E-state index >= 15 is 0 Å². The van der Waals surface area contributed by atoms with E-state index in [0.29, 0.717) is 18.1 Å². The van der Waals surface area contributed by atoms with Gasteiger partial charge in [0.1, 0.15) is 28.2 Å². The van der Waals surface area contributed by atoms with E-state index in [9.17, 15) is 34.2 Å². The van der Waals surface area contributed by atoms with E-state index in [0.717, 1.165) is 30.1 Å². The summed E-state index contributed by atoms with van der Waals surface area (Å²) in [7, 11) is 0. The van der Waals surface area contributed by atoms with Crippen LogP contribution in [0.2, 0.25) is 0 Å². The van der Waals surface area contributed by atoms with Crippen LogP contribution in [-0.2, 0) is 38.4 Å². The largest absolute Gasteiger partial charge is 0.616 e. The number of hydrogen-bond acceptors (Lipinski definition) is 10. The van der Waals surface area contributed by atoms with Crippen molar-refractivity contribution in [2.75, 3.05) is 19.2 Å². The fourth-order valence-corrected chi connectivity index (χ4v) is 10.2. The van der Waals surface area contributed by atoms with Gasteiger partial charge in [-0.2, -0.15) is 0 Å². The van der Waals surface area contributed by atoms with Gasteiger partial charge in [0.25, 0.3) is 11.6 Å². The maximum absolute atomic E-state index is 13.1. The Hall–Kier alpha value is -4.47. The number of aliphatic carboxylic acids is 1. The lowest BCUT2D eigenvalue weighted by Crippen LogP contribution is -2.76. The number of benzene rings is 3. The molecule has 15 heteroatoms. The average molecular weight is 810 g/mol. The molecule has 3 aromatic carbocycles. The van der Waals surface area contributed by atoms with E-state index in [1.807, 2.05) is 24.3 Å². The maximum Gasteiger partial charge on any atom is 0.331 e. The molecule has 2 saturated heterocycles. The lowest BCUT2D eigenvalue weighted by atomic mass is 9.76. The van der Waals surface area contributed by atoms with Crippen molar-refractivity contribution in [3.8, 4) is 17.2 Å². The zero-order valence-electron chi connectivity index (χ0n) is 32.3. The fourth-order valence-electron chi connectivity index (χ4n) is 7.18. The summed E-state index contributed by atoms with van der Waals surface area (Å²) < 4.78 is 27.6. The van der Waals surface area contributed by atoms with Crippen molar-refractivity contribution in [1.82, 2.24) is 10.2 Å². The highest BCUT2D eigenvalue weighted by molar-refractivity contribution is 8.01. The number of carbonyl (C=O) groups excluding carboxylic acids is 2. The van der Waals surface area contributed by atoms with E-state index < -0.39 is 55.6 Å². The number of nitrogens with one attached hydrogen (secondary N) is 1. The Morgan fingerprint density at radius 1 is 1.02 bits per heavy atom. The molecule has 3 aliphatic rings. The first-order valence-electron chi connectivity index (χ1n) is 19.0. The molecule has 0 aromatic heterocycles. The zero-order valence-corrected chi connectivity index (χ0v) is 33.9. The number of carbonyl (C=O) groups is 3. The summed E-state index contributed by atoms with van der Waals surface area (Å²) in [6.45, 7) is 7.84. The number of non-ortho nitro benzene ring substituents is 1. The number of carboxylic acids is 1. The van der Waals surface area contributed by atoms with Crippen LogP contribution < -0.4 is 19.5 Å². The second-order valence-corrected chi connectivity index (χ2v) is 18.4. The molecule has 13 nitrogen and oxygen atoms in total. The molecule has 3 aromatic rings. The summed E-state index contributed by atoms with van der Waals surface area (Å²) in [6.07, 6.45) is 8.29. The summed E-state index contributed by atoms with van der Waals surface area (Å²) in [5.41, 5.74) is 0.0376. The Bertz CT molecular complexity index is 1830. The highest BCUT2D eigenvalue weighted by Gasteiger charge is 2.72. The van der Waals surface area contributed by atoms with Crippen molar-refractivity contribution < 1.29 is 43.2 Å². The van der Waals surface area contributed by atoms with Crippen molar-refractivity contribution in [3.63, 3.8) is 0 Å². The zero-order chi connectivity index (χ0) is 40.5. The minimum atomic E-state index is -1.59.